The van der Waals surface area contributed by atoms with Crippen LogP contribution in [0.25, 0.3) is 0 Å². The minimum Gasteiger partial charge on any atom is -0.481 e. The summed E-state index contributed by atoms with van der Waals surface area (Å²) in [4.78, 5) is 43.4. The van der Waals surface area contributed by atoms with E-state index >= 15 is 0 Å². The maximum Gasteiger partial charge on any atom is 0.363 e. The molecular formula is C13H17N2O8+. The normalized spacial score (nSPS) is 20.3. The predicted molar refractivity (Wildman–Crippen MR) is 73.4 cm³/mol. The van der Waals surface area contributed by atoms with Crippen molar-refractivity contribution in [2.45, 2.75) is 24.9 Å². The topological polar surface area (TPSA) is 178 Å². The molecule has 0 fully saturated rings. The number of carboxylic acids is 4. The summed E-state index contributed by atoms with van der Waals surface area (Å²) >= 11 is 0. The minimum absolute atomic E-state index is 0.0383. The second-order valence-electron chi connectivity index (χ2n) is 4.90. The summed E-state index contributed by atoms with van der Waals surface area (Å²) in [6.07, 6.45) is 2.23. The van der Waals surface area contributed by atoms with Crippen LogP contribution in [0.3, 0.4) is 0 Å². The molecule has 10 heteroatoms. The van der Waals surface area contributed by atoms with E-state index in [0.717, 1.165) is 0 Å². The van der Waals surface area contributed by atoms with Crippen LogP contribution in [0.4, 0.5) is 0 Å². The van der Waals surface area contributed by atoms with Gasteiger partial charge in [-0.05, 0) is 17.7 Å². The maximum atomic E-state index is 11.0. The zero-order chi connectivity index (χ0) is 17.6. The third-order valence-electron chi connectivity index (χ3n) is 3.14. The molecule has 1 rings (SSSR count). The molecule has 0 aromatic rings. The van der Waals surface area contributed by atoms with Crippen molar-refractivity contribution in [2.75, 3.05) is 6.54 Å². The number of nitrogens with one attached hydrogen (secondary N) is 1. The number of rotatable bonds is 8. The lowest BCUT2D eigenvalue weighted by atomic mass is 10.00. The van der Waals surface area contributed by atoms with Crippen LogP contribution >= 0.6 is 0 Å². The summed E-state index contributed by atoms with van der Waals surface area (Å²) in [5.41, 5.74) is 0.152. The van der Waals surface area contributed by atoms with E-state index in [9.17, 15) is 19.2 Å². The van der Waals surface area contributed by atoms with Crippen LogP contribution in [0.2, 0.25) is 0 Å². The number of quaternary nitrogens is 1. The van der Waals surface area contributed by atoms with Crippen molar-refractivity contribution in [2.24, 2.45) is 0 Å². The average Bonchev–Trinajstić information content (AvgIpc) is 2.45. The van der Waals surface area contributed by atoms with E-state index in [2.05, 4.69) is 5.32 Å². The quantitative estimate of drug-likeness (QED) is 0.289. The number of allylic oxidation sites excluding steroid dienone is 1. The van der Waals surface area contributed by atoms with Gasteiger partial charge in [0.1, 0.15) is 18.2 Å². The first-order valence-electron chi connectivity index (χ1n) is 6.62. The van der Waals surface area contributed by atoms with E-state index in [1.807, 2.05) is 0 Å². The number of hydrogen-bond donors (Lipinski definition) is 6. The number of carboxylic acid groups (broad SMARTS) is 4. The van der Waals surface area contributed by atoms with Crippen molar-refractivity contribution in [1.29, 1.82) is 0 Å². The summed E-state index contributed by atoms with van der Waals surface area (Å²) < 4.78 is 0. The van der Waals surface area contributed by atoms with Crippen molar-refractivity contribution in [3.05, 3.63) is 23.4 Å². The van der Waals surface area contributed by atoms with Crippen LogP contribution in [-0.4, -0.2) is 62.9 Å². The van der Waals surface area contributed by atoms with Crippen LogP contribution in [-0.2, 0) is 19.2 Å². The number of aliphatic carboxylic acids is 4. The van der Waals surface area contributed by atoms with Crippen LogP contribution < -0.4 is 10.6 Å². The fourth-order valence-electron chi connectivity index (χ4n) is 2.02. The highest BCUT2D eigenvalue weighted by Crippen LogP contribution is 2.16. The molecule has 0 spiro atoms. The van der Waals surface area contributed by atoms with Crippen molar-refractivity contribution < 1.29 is 44.9 Å². The van der Waals surface area contributed by atoms with Gasteiger partial charge in [-0.1, -0.05) is 0 Å². The molecule has 0 amide bonds. The molecule has 1 heterocycles. The van der Waals surface area contributed by atoms with Gasteiger partial charge < -0.3 is 31.1 Å². The molecule has 2 atom stereocenters. The van der Waals surface area contributed by atoms with Crippen molar-refractivity contribution in [1.82, 2.24) is 5.32 Å². The predicted octanol–water partition coefficient (Wildman–Crippen LogP) is -2.18. The van der Waals surface area contributed by atoms with E-state index < -0.39 is 42.4 Å². The molecule has 0 unspecified atom stereocenters. The Balaban J connectivity index is 2.78. The van der Waals surface area contributed by atoms with Gasteiger partial charge in [-0.3, -0.25) is 4.79 Å². The average molecular weight is 329 g/mol. The molecule has 0 saturated carbocycles. The first kappa shape index (κ1) is 18.2. The van der Waals surface area contributed by atoms with E-state index in [1.54, 1.807) is 0 Å². The first-order chi connectivity index (χ1) is 10.7. The SMILES string of the molecule is O=C(O)C[C@@H]([NH2+]C/C=C1/C=C(C(=O)O)N[C@@H](C(=O)O)C1)C(=O)O. The van der Waals surface area contributed by atoms with Crippen molar-refractivity contribution in [3.8, 4) is 0 Å². The van der Waals surface area contributed by atoms with Crippen LogP contribution in [0.1, 0.15) is 12.8 Å². The van der Waals surface area contributed by atoms with E-state index in [4.69, 9.17) is 20.4 Å². The van der Waals surface area contributed by atoms with Gasteiger partial charge in [-0.2, -0.15) is 0 Å². The lowest BCUT2D eigenvalue weighted by Crippen LogP contribution is -2.92. The minimum atomic E-state index is -1.31. The molecular weight excluding hydrogens is 312 g/mol. The van der Waals surface area contributed by atoms with Crippen LogP contribution in [0.5, 0.6) is 0 Å². The number of nitrogens with two attached hydrogens (primary N) is 1. The summed E-state index contributed by atoms with van der Waals surface area (Å²) in [5, 5.41) is 39.1. The van der Waals surface area contributed by atoms with Gasteiger partial charge >= 0.3 is 23.9 Å². The summed E-state index contributed by atoms with van der Waals surface area (Å²) in [5.74, 6) is -5.04. The highest BCUT2D eigenvalue weighted by atomic mass is 16.4. The fourth-order valence-corrected chi connectivity index (χ4v) is 2.02. The Labute approximate surface area is 130 Å². The molecule has 126 valence electrons. The largest absolute Gasteiger partial charge is 0.481 e. The van der Waals surface area contributed by atoms with Gasteiger partial charge in [-0.15, -0.1) is 0 Å². The number of hydrogen-bond acceptors (Lipinski definition) is 5. The lowest BCUT2D eigenvalue weighted by molar-refractivity contribution is -0.669. The van der Waals surface area contributed by atoms with Gasteiger partial charge in [0, 0.05) is 6.42 Å². The molecule has 0 radical (unpaired) electrons. The molecule has 10 nitrogen and oxygen atoms in total. The summed E-state index contributed by atoms with van der Waals surface area (Å²) in [7, 11) is 0. The highest BCUT2D eigenvalue weighted by molar-refractivity contribution is 5.89. The molecule has 23 heavy (non-hydrogen) atoms. The monoisotopic (exact) mass is 329 g/mol. The van der Waals surface area contributed by atoms with Crippen LogP contribution in [0.15, 0.2) is 23.4 Å². The molecule has 0 aromatic heterocycles. The fraction of sp³-hybridized carbons (Fsp3) is 0.385. The molecule has 0 bridgehead atoms. The third-order valence-corrected chi connectivity index (χ3v) is 3.14. The van der Waals surface area contributed by atoms with Gasteiger partial charge in [0.25, 0.3) is 0 Å². The second kappa shape index (κ2) is 7.94. The Kier molecular flexibility index (Phi) is 6.27. The summed E-state index contributed by atoms with van der Waals surface area (Å²) in [6.45, 7) is 0.0787. The highest BCUT2D eigenvalue weighted by Gasteiger charge is 2.27. The first-order valence-corrected chi connectivity index (χ1v) is 6.62. The van der Waals surface area contributed by atoms with Crippen LogP contribution in [0, 0.1) is 0 Å². The molecule has 1 aliphatic heterocycles. The molecule has 0 aliphatic carbocycles. The Morgan fingerprint density at radius 3 is 2.39 bits per heavy atom. The Hall–Kier alpha value is -2.88. The molecule has 0 aromatic carbocycles. The molecule has 1 aliphatic rings. The van der Waals surface area contributed by atoms with Gasteiger partial charge in [0.2, 0.25) is 0 Å². The third kappa shape index (κ3) is 5.79. The van der Waals surface area contributed by atoms with Gasteiger partial charge in [-0.25, -0.2) is 14.4 Å². The lowest BCUT2D eigenvalue weighted by Gasteiger charge is -2.22. The van der Waals surface area contributed by atoms with Crippen molar-refractivity contribution >= 4 is 23.9 Å². The summed E-state index contributed by atoms with van der Waals surface area (Å²) in [6, 6.07) is -2.27. The number of carbonyl (C=O) groups is 4. The molecule has 0 saturated heterocycles. The van der Waals surface area contributed by atoms with E-state index in [0.29, 0.717) is 5.57 Å². The van der Waals surface area contributed by atoms with E-state index in [1.165, 1.54) is 17.5 Å². The maximum absolute atomic E-state index is 11.0. The van der Waals surface area contributed by atoms with Gasteiger partial charge in [0.05, 0.1) is 6.54 Å². The zero-order valence-corrected chi connectivity index (χ0v) is 11.9. The molecule has 7 N–H and O–H groups in total. The van der Waals surface area contributed by atoms with Gasteiger partial charge in [0.15, 0.2) is 6.04 Å². The Morgan fingerprint density at radius 2 is 1.91 bits per heavy atom. The smallest absolute Gasteiger partial charge is 0.363 e. The second-order valence-corrected chi connectivity index (χ2v) is 4.90. The van der Waals surface area contributed by atoms with E-state index in [-0.39, 0.29) is 18.7 Å². The zero-order valence-electron chi connectivity index (χ0n) is 11.9. The van der Waals surface area contributed by atoms with Crippen molar-refractivity contribution in [3.63, 3.8) is 0 Å². The Bertz CT molecular complexity index is 581. The standard InChI is InChI=1S/C13H16N2O8/c16-10(17)5-7(11(18)19)14-2-1-6-3-8(12(20)21)15-9(4-6)13(22)23/h1,3,7,9,14-15H,2,4-5H2,(H,16,17)(H,18,19)(H,20,21)(H,22,23)/p+1/b6-1-/t7-,9-/m1/s1. The Morgan fingerprint density at radius 1 is 1.26 bits per heavy atom.